The topological polar surface area (TPSA) is 176 Å². The van der Waals surface area contributed by atoms with Gasteiger partial charge < -0.3 is 52.8 Å². The third kappa shape index (κ3) is 22.8. The second kappa shape index (κ2) is 29.2. The molecule has 0 saturated carbocycles. The van der Waals surface area contributed by atoms with Gasteiger partial charge in [-0.25, -0.2) is 9.59 Å². The second-order valence-electron chi connectivity index (χ2n) is 10.6. The summed E-state index contributed by atoms with van der Waals surface area (Å²) >= 11 is 0. The molecule has 0 aromatic rings. The fraction of sp³-hybridized carbons (Fsp3) is 0.812. The van der Waals surface area contributed by atoms with Crippen molar-refractivity contribution in [1.82, 2.24) is 10.4 Å². The Morgan fingerprint density at radius 3 is 1.54 bits per heavy atom. The predicted octanol–water partition coefficient (Wildman–Crippen LogP) is 1.73. The van der Waals surface area contributed by atoms with Crippen molar-refractivity contribution in [3.8, 4) is 0 Å². The molecule has 1 saturated heterocycles. The van der Waals surface area contributed by atoms with Gasteiger partial charge in [-0.2, -0.15) is 0 Å². The summed E-state index contributed by atoms with van der Waals surface area (Å²) in [4.78, 5) is 51.1. The lowest BCUT2D eigenvalue weighted by Gasteiger charge is -2.18. The van der Waals surface area contributed by atoms with Crippen LogP contribution < -0.4 is 5.32 Å². The van der Waals surface area contributed by atoms with E-state index >= 15 is 0 Å². The molecule has 3 amide bonds. The summed E-state index contributed by atoms with van der Waals surface area (Å²) in [5.74, 6) is -1.72. The molecule has 1 heterocycles. The van der Waals surface area contributed by atoms with Gasteiger partial charge in [0, 0.05) is 19.4 Å². The molecule has 0 aromatic heterocycles. The number of hydrogen-bond donors (Lipinski definition) is 1. The third-order valence-corrected chi connectivity index (χ3v) is 6.76. The first-order valence-electron chi connectivity index (χ1n) is 16.8. The molecule has 2 aliphatic rings. The summed E-state index contributed by atoms with van der Waals surface area (Å²) in [6, 6.07) is 0. The van der Waals surface area contributed by atoms with E-state index in [1.54, 1.807) is 0 Å². The summed E-state index contributed by atoms with van der Waals surface area (Å²) < 4.78 is 48.8. The number of imide groups is 1. The Morgan fingerprint density at radius 2 is 1.04 bits per heavy atom. The maximum Gasteiger partial charge on any atom is 0.407 e. The Balaban J connectivity index is 1.19. The van der Waals surface area contributed by atoms with Crippen molar-refractivity contribution in [2.45, 2.75) is 57.5 Å². The highest BCUT2D eigenvalue weighted by Gasteiger charge is 2.32. The molecule has 1 aliphatic heterocycles. The highest BCUT2D eigenvalue weighted by Crippen LogP contribution is 2.15. The normalized spacial score (nSPS) is 16.6. The molecule has 1 aliphatic carbocycles. The van der Waals surface area contributed by atoms with Gasteiger partial charge in [-0.1, -0.05) is 12.2 Å². The van der Waals surface area contributed by atoms with Gasteiger partial charge in [0.2, 0.25) is 0 Å². The van der Waals surface area contributed by atoms with Crippen LogP contribution >= 0.6 is 0 Å². The van der Waals surface area contributed by atoms with E-state index in [1.807, 2.05) is 0 Å². The van der Waals surface area contributed by atoms with Crippen molar-refractivity contribution in [1.29, 1.82) is 0 Å². The lowest BCUT2D eigenvalue weighted by molar-refractivity contribution is -0.198. The van der Waals surface area contributed by atoms with Crippen LogP contribution in [0.1, 0.15) is 51.4 Å². The van der Waals surface area contributed by atoms with Crippen LogP contribution in [0.3, 0.4) is 0 Å². The number of hydrogen-bond acceptors (Lipinski definition) is 14. The molecule has 276 valence electrons. The van der Waals surface area contributed by atoms with Gasteiger partial charge in [-0.05, 0) is 32.1 Å². The Kier molecular flexibility index (Phi) is 25.3. The van der Waals surface area contributed by atoms with Crippen molar-refractivity contribution in [2.24, 2.45) is 0 Å². The molecule has 16 heteroatoms. The summed E-state index contributed by atoms with van der Waals surface area (Å²) in [5, 5.41) is 3.24. The van der Waals surface area contributed by atoms with Crippen LogP contribution in [0.25, 0.3) is 0 Å². The molecule has 1 fully saturated rings. The third-order valence-electron chi connectivity index (χ3n) is 6.76. The number of ether oxygens (including phenoxy) is 9. The van der Waals surface area contributed by atoms with Crippen molar-refractivity contribution in [3.05, 3.63) is 12.2 Å². The van der Waals surface area contributed by atoms with Gasteiger partial charge in [-0.15, -0.1) is 5.06 Å². The first-order chi connectivity index (χ1) is 23.6. The van der Waals surface area contributed by atoms with E-state index in [1.165, 1.54) is 0 Å². The Labute approximate surface area is 282 Å². The average molecular weight is 691 g/mol. The number of nitrogens with zero attached hydrogens (tertiary/aromatic N) is 1. The lowest BCUT2D eigenvalue weighted by atomic mass is 10.0. The van der Waals surface area contributed by atoms with Crippen molar-refractivity contribution >= 4 is 23.9 Å². The van der Waals surface area contributed by atoms with Crippen molar-refractivity contribution < 1.29 is 66.6 Å². The largest absolute Gasteiger partial charge is 0.446 e. The number of carbonyl (C=O) groups excluding carboxylic acids is 4. The Hall–Kier alpha value is -2.70. The molecule has 2 rings (SSSR count). The molecular weight excluding hydrogens is 636 g/mol. The maximum atomic E-state index is 11.9. The highest BCUT2D eigenvalue weighted by molar-refractivity contribution is 6.01. The number of rotatable bonds is 29. The van der Waals surface area contributed by atoms with Crippen LogP contribution in [0, 0.1) is 0 Å². The van der Waals surface area contributed by atoms with Crippen LogP contribution in [0.5, 0.6) is 0 Å². The zero-order valence-corrected chi connectivity index (χ0v) is 28.1. The van der Waals surface area contributed by atoms with Gasteiger partial charge in [0.05, 0.1) is 112 Å². The van der Waals surface area contributed by atoms with E-state index in [0.29, 0.717) is 104 Å². The standard InChI is InChI=1S/C32H54N2O14/c35-29-8-9-30(36)34(29)48-31(37)10-12-39-14-16-41-18-20-43-22-24-45-26-27-46-25-23-44-21-19-42-17-15-40-13-11-33-32(38)47-28-6-4-2-1-3-5-7-28/h1-2,28H,3-27H2,(H,33,38). The van der Waals surface area contributed by atoms with Gasteiger partial charge in [0.1, 0.15) is 6.10 Å². The first-order valence-corrected chi connectivity index (χ1v) is 16.8. The van der Waals surface area contributed by atoms with E-state index in [-0.39, 0.29) is 44.7 Å². The van der Waals surface area contributed by atoms with Crippen LogP contribution in [0.15, 0.2) is 12.2 Å². The molecule has 16 nitrogen and oxygen atoms in total. The summed E-state index contributed by atoms with van der Waals surface area (Å²) in [5.41, 5.74) is 0. The quantitative estimate of drug-likeness (QED) is 0.0682. The number of hydroxylamine groups is 2. The molecule has 48 heavy (non-hydrogen) atoms. The fourth-order valence-electron chi connectivity index (χ4n) is 4.26. The number of carbonyl (C=O) groups is 4. The van der Waals surface area contributed by atoms with E-state index < -0.39 is 17.8 Å². The molecule has 1 unspecified atom stereocenters. The molecule has 0 aromatic carbocycles. The molecule has 0 radical (unpaired) electrons. The molecule has 0 spiro atoms. The minimum absolute atomic E-state index is 0.0176. The second-order valence-corrected chi connectivity index (χ2v) is 10.6. The Bertz CT molecular complexity index is 890. The number of allylic oxidation sites excluding steroid dienone is 2. The number of alkyl carbamates (subject to hydrolysis) is 1. The van der Waals surface area contributed by atoms with Crippen LogP contribution in [-0.2, 0) is 61.9 Å². The predicted molar refractivity (Wildman–Crippen MR) is 169 cm³/mol. The highest BCUT2D eigenvalue weighted by atomic mass is 16.7. The van der Waals surface area contributed by atoms with Gasteiger partial charge in [-0.3, -0.25) is 9.59 Å². The summed E-state index contributed by atoms with van der Waals surface area (Å²) in [7, 11) is 0. The monoisotopic (exact) mass is 690 g/mol. The first kappa shape index (κ1) is 41.5. The maximum absolute atomic E-state index is 11.9. The zero-order valence-electron chi connectivity index (χ0n) is 28.1. The summed E-state index contributed by atoms with van der Waals surface area (Å²) in [6.07, 6.45) is 8.76. The fourth-order valence-corrected chi connectivity index (χ4v) is 4.26. The molecular formula is C32H54N2O14. The van der Waals surface area contributed by atoms with Gasteiger partial charge in [0.15, 0.2) is 0 Å². The van der Waals surface area contributed by atoms with Crippen LogP contribution in [-0.4, -0.2) is 147 Å². The summed E-state index contributed by atoms with van der Waals surface area (Å²) in [6.45, 7) is 6.80. The average Bonchev–Trinajstić information content (AvgIpc) is 3.37. The molecule has 1 atom stereocenters. The lowest BCUT2D eigenvalue weighted by Crippen LogP contribution is -2.32. The molecule has 1 N–H and O–H groups in total. The van der Waals surface area contributed by atoms with E-state index in [9.17, 15) is 19.2 Å². The minimum atomic E-state index is -0.701. The Morgan fingerprint density at radius 1 is 0.604 bits per heavy atom. The van der Waals surface area contributed by atoms with E-state index in [0.717, 1.165) is 32.1 Å². The van der Waals surface area contributed by atoms with Crippen LogP contribution in [0.2, 0.25) is 0 Å². The minimum Gasteiger partial charge on any atom is -0.446 e. The van der Waals surface area contributed by atoms with Gasteiger partial charge in [0.25, 0.3) is 11.8 Å². The number of amides is 3. The van der Waals surface area contributed by atoms with Crippen molar-refractivity contribution in [2.75, 3.05) is 112 Å². The number of nitrogens with one attached hydrogen (secondary N) is 1. The van der Waals surface area contributed by atoms with Crippen molar-refractivity contribution in [3.63, 3.8) is 0 Å². The van der Waals surface area contributed by atoms with Gasteiger partial charge >= 0.3 is 12.1 Å². The molecule has 0 bridgehead atoms. The SMILES string of the molecule is O=C(CCOCCOCCOCCOCCOCCOCCOCCOCCNC(=O)OC1CCC=CCCC1)ON1C(=O)CCC1=O. The zero-order chi connectivity index (χ0) is 34.3. The van der Waals surface area contributed by atoms with E-state index in [4.69, 9.17) is 47.5 Å². The van der Waals surface area contributed by atoms with E-state index in [2.05, 4.69) is 17.5 Å². The smallest absolute Gasteiger partial charge is 0.407 e. The van der Waals surface area contributed by atoms with Crippen LogP contribution in [0.4, 0.5) is 4.79 Å².